The van der Waals surface area contributed by atoms with E-state index in [9.17, 15) is 14.7 Å². The molecule has 0 saturated heterocycles. The Morgan fingerprint density at radius 2 is 1.97 bits per heavy atom. The van der Waals surface area contributed by atoms with Gasteiger partial charge in [-0.15, -0.1) is 0 Å². The third-order valence-electron chi connectivity index (χ3n) is 7.51. The number of hydrogen-bond donors (Lipinski definition) is 3. The average molecular weight is 448 g/mol. The van der Waals surface area contributed by atoms with Crippen LogP contribution < -0.4 is 10.6 Å². The number of nitrogens with one attached hydrogen (secondary N) is 2. The maximum Gasteiger partial charge on any atom is 0.408 e. The van der Waals surface area contributed by atoms with Crippen LogP contribution in [0.2, 0.25) is 0 Å². The molecule has 2 amide bonds. The molecule has 32 heavy (non-hydrogen) atoms. The maximum atomic E-state index is 13.6. The fraction of sp³-hybridized carbons (Fsp3) is 0.880. The van der Waals surface area contributed by atoms with Crippen LogP contribution in [0.1, 0.15) is 92.4 Å². The summed E-state index contributed by atoms with van der Waals surface area (Å²) in [6.07, 6.45) is 6.52. The van der Waals surface area contributed by atoms with Crippen molar-refractivity contribution >= 4 is 12.0 Å². The number of nitrogens with zero attached hydrogens (tertiary/aromatic N) is 1. The quantitative estimate of drug-likeness (QED) is 0.545. The predicted octanol–water partition coefficient (Wildman–Crippen LogP) is 4.05. The molecule has 3 fully saturated rings. The van der Waals surface area contributed by atoms with Crippen LogP contribution in [0.5, 0.6) is 0 Å². The first-order valence-corrected chi connectivity index (χ1v) is 12.3. The van der Waals surface area contributed by atoms with E-state index in [1.54, 1.807) is 20.8 Å². The Kier molecular flexibility index (Phi) is 7.14. The SMILES string of the molecule is CCC1CC2CC(C)(O)CC(C(NC(=O)OC(C)(C)C)C(=O)NC3CC3CCC#N)(C1)C2. The number of rotatable bonds is 7. The summed E-state index contributed by atoms with van der Waals surface area (Å²) in [4.78, 5) is 26.4. The van der Waals surface area contributed by atoms with Crippen molar-refractivity contribution < 1.29 is 19.4 Å². The highest BCUT2D eigenvalue weighted by Gasteiger charge is 2.56. The Morgan fingerprint density at radius 3 is 2.59 bits per heavy atom. The minimum absolute atomic E-state index is 0.0562. The minimum atomic E-state index is -0.856. The van der Waals surface area contributed by atoms with Gasteiger partial charge in [0.2, 0.25) is 5.91 Å². The summed E-state index contributed by atoms with van der Waals surface area (Å²) in [7, 11) is 0. The summed E-state index contributed by atoms with van der Waals surface area (Å²) in [6, 6.07) is 1.47. The van der Waals surface area contributed by atoms with Crippen LogP contribution in [0.25, 0.3) is 0 Å². The Hall–Kier alpha value is -1.81. The molecular formula is C25H41N3O4. The molecule has 3 rings (SSSR count). The fourth-order valence-electron chi connectivity index (χ4n) is 6.45. The molecule has 0 radical (unpaired) electrons. The van der Waals surface area contributed by atoms with Gasteiger partial charge >= 0.3 is 6.09 Å². The van der Waals surface area contributed by atoms with Gasteiger partial charge in [-0.1, -0.05) is 13.3 Å². The minimum Gasteiger partial charge on any atom is -0.444 e. The lowest BCUT2D eigenvalue weighted by Gasteiger charge is -2.55. The standard InChI is InChI=1S/C25H41N3O4/c1-6-16-10-17-12-24(5,31)15-25(13-16,14-17)20(28-22(30)32-23(2,3)4)21(29)27-19-11-18(19)8-7-9-26/h16-20,31H,6-8,10-15H2,1-5H3,(H,27,29)(H,28,30). The highest BCUT2D eigenvalue weighted by molar-refractivity contribution is 5.87. The zero-order valence-electron chi connectivity index (χ0n) is 20.4. The Balaban J connectivity index is 1.84. The summed E-state index contributed by atoms with van der Waals surface area (Å²) < 4.78 is 5.51. The molecule has 0 aliphatic heterocycles. The second-order valence-corrected chi connectivity index (χ2v) is 11.9. The summed E-state index contributed by atoms with van der Waals surface area (Å²) in [6.45, 7) is 9.45. The van der Waals surface area contributed by atoms with Crippen LogP contribution >= 0.6 is 0 Å². The molecule has 180 valence electrons. The van der Waals surface area contributed by atoms with Crippen molar-refractivity contribution in [3.05, 3.63) is 0 Å². The lowest BCUT2D eigenvalue weighted by atomic mass is 9.52. The van der Waals surface area contributed by atoms with Crippen LogP contribution in [0, 0.1) is 34.5 Å². The molecule has 7 nitrogen and oxygen atoms in total. The van der Waals surface area contributed by atoms with Gasteiger partial charge < -0.3 is 20.5 Å². The maximum absolute atomic E-state index is 13.6. The summed E-state index contributed by atoms with van der Waals surface area (Å²) in [5.74, 6) is 0.964. The molecule has 3 aliphatic carbocycles. The molecule has 7 unspecified atom stereocenters. The van der Waals surface area contributed by atoms with E-state index in [4.69, 9.17) is 10.00 Å². The van der Waals surface area contributed by atoms with Gasteiger partial charge in [-0.05, 0) is 90.4 Å². The Labute approximate surface area is 192 Å². The highest BCUT2D eigenvalue weighted by atomic mass is 16.6. The third-order valence-corrected chi connectivity index (χ3v) is 7.51. The molecule has 0 heterocycles. The van der Waals surface area contributed by atoms with E-state index in [1.807, 2.05) is 6.92 Å². The molecule has 0 aromatic rings. The predicted molar refractivity (Wildman–Crippen MR) is 121 cm³/mol. The molecule has 0 aromatic heterocycles. The molecular weight excluding hydrogens is 406 g/mol. The van der Waals surface area contributed by atoms with Crippen LogP contribution in [0.4, 0.5) is 4.79 Å². The van der Waals surface area contributed by atoms with Crippen LogP contribution in [0.15, 0.2) is 0 Å². The summed E-state index contributed by atoms with van der Waals surface area (Å²) in [5.41, 5.74) is -2.02. The number of aliphatic hydroxyl groups is 1. The van der Waals surface area contributed by atoms with Gasteiger partial charge in [0.1, 0.15) is 11.6 Å². The van der Waals surface area contributed by atoms with E-state index >= 15 is 0 Å². The molecule has 3 saturated carbocycles. The van der Waals surface area contributed by atoms with Crippen LogP contribution in [-0.4, -0.2) is 40.4 Å². The second kappa shape index (κ2) is 9.21. The number of ether oxygens (including phenoxy) is 1. The van der Waals surface area contributed by atoms with Gasteiger partial charge in [0.15, 0.2) is 0 Å². The zero-order chi connectivity index (χ0) is 23.7. The van der Waals surface area contributed by atoms with Crippen molar-refractivity contribution in [2.75, 3.05) is 0 Å². The van der Waals surface area contributed by atoms with Crippen molar-refractivity contribution in [3.8, 4) is 6.07 Å². The van der Waals surface area contributed by atoms with E-state index in [2.05, 4.69) is 23.6 Å². The number of carbonyl (C=O) groups excluding carboxylic acids is 2. The van der Waals surface area contributed by atoms with Crippen molar-refractivity contribution in [1.82, 2.24) is 10.6 Å². The number of alkyl carbamates (subject to hydrolysis) is 1. The van der Waals surface area contributed by atoms with E-state index < -0.39 is 28.8 Å². The van der Waals surface area contributed by atoms with Gasteiger partial charge in [-0.2, -0.15) is 5.26 Å². The van der Waals surface area contributed by atoms with Crippen molar-refractivity contribution in [3.63, 3.8) is 0 Å². The second-order valence-electron chi connectivity index (χ2n) is 11.9. The van der Waals surface area contributed by atoms with E-state index in [-0.39, 0.29) is 11.9 Å². The Morgan fingerprint density at radius 1 is 1.25 bits per heavy atom. The van der Waals surface area contributed by atoms with Gasteiger partial charge in [0, 0.05) is 17.9 Å². The normalized spacial score (nSPS) is 37.0. The van der Waals surface area contributed by atoms with Crippen molar-refractivity contribution in [2.24, 2.45) is 23.2 Å². The molecule has 7 heteroatoms. The van der Waals surface area contributed by atoms with Crippen LogP contribution in [-0.2, 0) is 9.53 Å². The first-order chi connectivity index (χ1) is 14.9. The van der Waals surface area contributed by atoms with Gasteiger partial charge in [0.25, 0.3) is 0 Å². The molecule has 3 aliphatic rings. The van der Waals surface area contributed by atoms with E-state index in [0.29, 0.717) is 30.6 Å². The highest BCUT2D eigenvalue weighted by Crippen LogP contribution is 2.56. The van der Waals surface area contributed by atoms with Gasteiger partial charge in [-0.3, -0.25) is 4.79 Å². The van der Waals surface area contributed by atoms with Crippen molar-refractivity contribution in [1.29, 1.82) is 5.26 Å². The first kappa shape index (κ1) is 24.8. The number of fused-ring (bicyclic) bond motifs is 2. The molecule has 0 aromatic carbocycles. The molecule has 3 N–H and O–H groups in total. The lowest BCUT2D eigenvalue weighted by Crippen LogP contribution is -2.63. The fourth-order valence-corrected chi connectivity index (χ4v) is 6.45. The number of nitriles is 1. The largest absolute Gasteiger partial charge is 0.444 e. The Bertz CT molecular complexity index is 753. The van der Waals surface area contributed by atoms with E-state index in [1.165, 1.54) is 0 Å². The molecule has 7 atom stereocenters. The molecule has 0 spiro atoms. The zero-order valence-corrected chi connectivity index (χ0v) is 20.4. The van der Waals surface area contributed by atoms with Gasteiger partial charge in [0.05, 0.1) is 11.7 Å². The van der Waals surface area contributed by atoms with E-state index in [0.717, 1.165) is 44.9 Å². The number of hydrogen-bond acceptors (Lipinski definition) is 5. The lowest BCUT2D eigenvalue weighted by molar-refractivity contribution is -0.139. The summed E-state index contributed by atoms with van der Waals surface area (Å²) >= 11 is 0. The summed E-state index contributed by atoms with van der Waals surface area (Å²) in [5, 5.41) is 26.0. The smallest absolute Gasteiger partial charge is 0.408 e. The third kappa shape index (κ3) is 6.15. The average Bonchev–Trinajstić information content (AvgIpc) is 3.38. The number of carbonyl (C=O) groups is 2. The first-order valence-electron chi connectivity index (χ1n) is 12.3. The van der Waals surface area contributed by atoms with Crippen molar-refractivity contribution in [2.45, 2.75) is 116 Å². The van der Waals surface area contributed by atoms with Gasteiger partial charge in [-0.25, -0.2) is 4.79 Å². The number of amides is 2. The monoisotopic (exact) mass is 447 g/mol. The molecule has 2 bridgehead atoms. The topological polar surface area (TPSA) is 111 Å². The van der Waals surface area contributed by atoms with Crippen LogP contribution in [0.3, 0.4) is 0 Å².